The van der Waals surface area contributed by atoms with Crippen molar-refractivity contribution in [3.63, 3.8) is 0 Å². The molecule has 1 fully saturated rings. The van der Waals surface area contributed by atoms with Gasteiger partial charge in [-0.2, -0.15) is 0 Å². The lowest BCUT2D eigenvalue weighted by molar-refractivity contribution is 0.0714. The second-order valence-corrected chi connectivity index (χ2v) is 8.58. The standard InChI is InChI=1S/C27H28N4O5/c1-34-24-15-18-14-19(26(32)29-22(18)16-25(24)35-2)17-28-20-5-7-21(8-6-20)30-9-11-31(12-10-30)27(33)23-4-3-13-36-23/h3-8,13-16,28H,9-12,17H2,1-2H3,(H,29,32). The number of carbonyl (C=O) groups is 1. The predicted octanol–water partition coefficient (Wildman–Crippen LogP) is 3.71. The van der Waals surface area contributed by atoms with Crippen molar-refractivity contribution >= 4 is 28.2 Å². The summed E-state index contributed by atoms with van der Waals surface area (Å²) in [6, 6.07) is 17.0. The highest BCUT2D eigenvalue weighted by Gasteiger charge is 2.23. The first kappa shape index (κ1) is 23.3. The minimum Gasteiger partial charge on any atom is -0.493 e. The second kappa shape index (κ2) is 10.1. The summed E-state index contributed by atoms with van der Waals surface area (Å²) in [6.45, 7) is 3.16. The van der Waals surface area contributed by atoms with Gasteiger partial charge in [-0.3, -0.25) is 9.59 Å². The molecule has 2 N–H and O–H groups in total. The highest BCUT2D eigenvalue weighted by atomic mass is 16.5. The van der Waals surface area contributed by atoms with Crippen LogP contribution >= 0.6 is 0 Å². The van der Waals surface area contributed by atoms with Crippen molar-refractivity contribution in [3.05, 3.63) is 82.5 Å². The molecular formula is C27H28N4O5. The summed E-state index contributed by atoms with van der Waals surface area (Å²) in [7, 11) is 3.15. The Hall–Kier alpha value is -4.40. The maximum Gasteiger partial charge on any atom is 0.289 e. The number of piperazine rings is 1. The third kappa shape index (κ3) is 4.72. The van der Waals surface area contributed by atoms with Gasteiger partial charge in [0.1, 0.15) is 0 Å². The number of H-pyrrole nitrogens is 1. The van der Waals surface area contributed by atoms with Gasteiger partial charge in [-0.05, 0) is 48.5 Å². The summed E-state index contributed by atoms with van der Waals surface area (Å²) < 4.78 is 15.9. The van der Waals surface area contributed by atoms with Gasteiger partial charge in [0.25, 0.3) is 11.5 Å². The molecule has 9 heteroatoms. The molecule has 4 aromatic rings. The van der Waals surface area contributed by atoms with Crippen molar-refractivity contribution in [3.8, 4) is 11.5 Å². The van der Waals surface area contributed by atoms with Crippen molar-refractivity contribution in [2.75, 3.05) is 50.6 Å². The van der Waals surface area contributed by atoms with Crippen molar-refractivity contribution in [2.45, 2.75) is 6.54 Å². The highest BCUT2D eigenvalue weighted by Crippen LogP contribution is 2.31. The number of anilines is 2. The lowest BCUT2D eigenvalue weighted by atomic mass is 10.1. The van der Waals surface area contributed by atoms with Crippen LogP contribution in [0.2, 0.25) is 0 Å². The molecule has 1 aliphatic heterocycles. The lowest BCUT2D eigenvalue weighted by Gasteiger charge is -2.35. The number of nitrogens with zero attached hydrogens (tertiary/aromatic N) is 2. The maximum absolute atomic E-state index is 12.6. The van der Waals surface area contributed by atoms with Crippen LogP contribution in [0.5, 0.6) is 11.5 Å². The van der Waals surface area contributed by atoms with Gasteiger partial charge in [0.05, 0.1) is 26.0 Å². The second-order valence-electron chi connectivity index (χ2n) is 8.58. The van der Waals surface area contributed by atoms with E-state index in [1.54, 1.807) is 32.4 Å². The smallest absolute Gasteiger partial charge is 0.289 e. The van der Waals surface area contributed by atoms with Crippen LogP contribution in [0, 0.1) is 0 Å². The average Bonchev–Trinajstić information content (AvgIpc) is 3.46. The maximum atomic E-state index is 12.6. The Labute approximate surface area is 208 Å². The molecule has 0 unspecified atom stereocenters. The van der Waals surface area contributed by atoms with Gasteiger partial charge < -0.3 is 34.0 Å². The topological polar surface area (TPSA) is 100 Å². The Kier molecular flexibility index (Phi) is 6.53. The van der Waals surface area contributed by atoms with Crippen LogP contribution in [-0.2, 0) is 6.54 Å². The molecule has 3 heterocycles. The summed E-state index contributed by atoms with van der Waals surface area (Å²) in [5, 5.41) is 4.19. The van der Waals surface area contributed by atoms with Gasteiger partial charge in [-0.1, -0.05) is 0 Å². The quantitative estimate of drug-likeness (QED) is 0.409. The van der Waals surface area contributed by atoms with Gasteiger partial charge in [0.15, 0.2) is 17.3 Å². The van der Waals surface area contributed by atoms with Crippen LogP contribution in [0.1, 0.15) is 16.1 Å². The molecule has 9 nitrogen and oxygen atoms in total. The molecular weight excluding hydrogens is 460 g/mol. The number of hydrogen-bond acceptors (Lipinski definition) is 7. The van der Waals surface area contributed by atoms with E-state index in [1.165, 1.54) is 6.26 Å². The first-order chi connectivity index (χ1) is 17.6. The van der Waals surface area contributed by atoms with E-state index in [0.29, 0.717) is 48.0 Å². The number of aromatic nitrogens is 1. The largest absolute Gasteiger partial charge is 0.493 e. The number of aromatic amines is 1. The molecule has 1 saturated heterocycles. The number of amides is 1. The zero-order valence-electron chi connectivity index (χ0n) is 20.2. The van der Waals surface area contributed by atoms with Gasteiger partial charge >= 0.3 is 0 Å². The van der Waals surface area contributed by atoms with Crippen LogP contribution in [-0.4, -0.2) is 56.2 Å². The zero-order chi connectivity index (χ0) is 25.1. The Morgan fingerprint density at radius 3 is 2.39 bits per heavy atom. The molecule has 1 amide bonds. The number of furan rings is 1. The number of fused-ring (bicyclic) bond motifs is 1. The molecule has 186 valence electrons. The van der Waals surface area contributed by atoms with Crippen LogP contribution in [0.25, 0.3) is 10.9 Å². The molecule has 36 heavy (non-hydrogen) atoms. The van der Waals surface area contributed by atoms with Crippen LogP contribution in [0.15, 0.2) is 70.1 Å². The zero-order valence-corrected chi connectivity index (χ0v) is 20.2. The van der Waals surface area contributed by atoms with Crippen molar-refractivity contribution in [2.24, 2.45) is 0 Å². The Bertz CT molecular complexity index is 1400. The normalized spacial score (nSPS) is 13.6. The van der Waals surface area contributed by atoms with Crippen molar-refractivity contribution in [1.82, 2.24) is 9.88 Å². The molecule has 2 aromatic carbocycles. The van der Waals surface area contributed by atoms with E-state index in [2.05, 4.69) is 15.2 Å². The molecule has 0 aliphatic carbocycles. The number of pyridine rings is 1. The molecule has 0 bridgehead atoms. The van der Waals surface area contributed by atoms with Crippen LogP contribution < -0.4 is 25.2 Å². The fourth-order valence-electron chi connectivity index (χ4n) is 4.42. The van der Waals surface area contributed by atoms with Gasteiger partial charge in [0, 0.05) is 61.1 Å². The molecule has 5 rings (SSSR count). The summed E-state index contributed by atoms with van der Waals surface area (Å²) in [4.78, 5) is 32.1. The van der Waals surface area contributed by atoms with Gasteiger partial charge in [-0.15, -0.1) is 0 Å². The van der Waals surface area contributed by atoms with E-state index in [4.69, 9.17) is 13.9 Å². The van der Waals surface area contributed by atoms with E-state index in [0.717, 1.165) is 29.9 Å². The lowest BCUT2D eigenvalue weighted by Crippen LogP contribution is -2.48. The van der Waals surface area contributed by atoms with Gasteiger partial charge in [0.2, 0.25) is 0 Å². The predicted molar refractivity (Wildman–Crippen MR) is 138 cm³/mol. The van der Waals surface area contributed by atoms with E-state index in [1.807, 2.05) is 41.3 Å². The number of methoxy groups -OCH3 is 2. The number of carbonyl (C=O) groups excluding carboxylic acids is 1. The van der Waals surface area contributed by atoms with E-state index >= 15 is 0 Å². The molecule has 0 radical (unpaired) electrons. The Morgan fingerprint density at radius 1 is 1.00 bits per heavy atom. The fraction of sp³-hybridized carbons (Fsp3) is 0.259. The third-order valence-corrected chi connectivity index (χ3v) is 6.44. The SMILES string of the molecule is COc1cc2cc(CNc3ccc(N4CCN(C(=O)c5ccco5)CC4)cc3)c(=O)[nH]c2cc1OC. The molecule has 2 aromatic heterocycles. The third-order valence-electron chi connectivity index (χ3n) is 6.44. The monoisotopic (exact) mass is 488 g/mol. The Morgan fingerprint density at radius 2 is 1.72 bits per heavy atom. The molecule has 0 spiro atoms. The highest BCUT2D eigenvalue weighted by molar-refractivity contribution is 5.91. The summed E-state index contributed by atoms with van der Waals surface area (Å²) in [5.41, 5.74) is 3.17. The van der Waals surface area contributed by atoms with E-state index in [-0.39, 0.29) is 11.5 Å². The van der Waals surface area contributed by atoms with Crippen molar-refractivity contribution in [1.29, 1.82) is 0 Å². The minimum atomic E-state index is -0.152. The average molecular weight is 489 g/mol. The first-order valence-electron chi connectivity index (χ1n) is 11.8. The number of nitrogens with one attached hydrogen (secondary N) is 2. The number of benzene rings is 2. The molecule has 0 atom stereocenters. The summed E-state index contributed by atoms with van der Waals surface area (Å²) >= 11 is 0. The number of rotatable bonds is 7. The molecule has 0 saturated carbocycles. The van der Waals surface area contributed by atoms with Crippen molar-refractivity contribution < 1.29 is 18.7 Å². The van der Waals surface area contributed by atoms with E-state index in [9.17, 15) is 9.59 Å². The summed E-state index contributed by atoms with van der Waals surface area (Å²) in [6.07, 6.45) is 1.52. The molecule has 1 aliphatic rings. The fourth-order valence-corrected chi connectivity index (χ4v) is 4.42. The van der Waals surface area contributed by atoms with Gasteiger partial charge in [-0.25, -0.2) is 0 Å². The van der Waals surface area contributed by atoms with Crippen LogP contribution in [0.4, 0.5) is 11.4 Å². The number of hydrogen-bond donors (Lipinski definition) is 2. The Balaban J connectivity index is 1.21. The number of ether oxygens (including phenoxy) is 2. The minimum absolute atomic E-state index is 0.0690. The first-order valence-corrected chi connectivity index (χ1v) is 11.8. The van der Waals surface area contributed by atoms with E-state index < -0.39 is 0 Å². The van der Waals surface area contributed by atoms with Crippen LogP contribution in [0.3, 0.4) is 0 Å². The summed E-state index contributed by atoms with van der Waals surface area (Å²) in [5.74, 6) is 1.48.